The first kappa shape index (κ1) is 12.5. The van der Waals surface area contributed by atoms with Crippen LogP contribution in [0.15, 0.2) is 43.0 Å². The Kier molecular flexibility index (Phi) is 4.80. The molecule has 0 unspecified atom stereocenters. The molecule has 0 aliphatic carbocycles. The predicted molar refractivity (Wildman–Crippen MR) is 66.3 cm³/mol. The van der Waals surface area contributed by atoms with E-state index in [2.05, 4.69) is 6.58 Å². The fourth-order valence-electron chi connectivity index (χ4n) is 1.22. The fraction of sp³-hybridized carbons (Fsp3) is 0.154. The number of hydrogen-bond donors (Lipinski definition) is 0. The maximum atomic E-state index is 11.3. The number of allylic oxidation sites excluding steroid dienone is 1. The van der Waals surface area contributed by atoms with Crippen molar-refractivity contribution in [1.82, 2.24) is 0 Å². The smallest absolute Gasteiger partial charge is 0.331 e. The van der Waals surface area contributed by atoms with E-state index in [1.165, 1.54) is 12.2 Å². The molecule has 0 fully saturated rings. The van der Waals surface area contributed by atoms with Crippen molar-refractivity contribution in [3.63, 3.8) is 0 Å². The fourth-order valence-corrected chi connectivity index (χ4v) is 1.50. The molecule has 1 aromatic carbocycles. The third kappa shape index (κ3) is 3.55. The number of hydrogen-bond acceptors (Lipinski definition) is 2. The number of esters is 1. The summed E-state index contributed by atoms with van der Waals surface area (Å²) in [6, 6.07) is 7.35. The minimum absolute atomic E-state index is 0.213. The zero-order valence-corrected chi connectivity index (χ0v) is 9.83. The van der Waals surface area contributed by atoms with Crippen molar-refractivity contribution in [2.45, 2.75) is 6.92 Å². The molecule has 0 N–H and O–H groups in total. The molecule has 0 amide bonds. The lowest BCUT2D eigenvalue weighted by atomic mass is 10.1. The van der Waals surface area contributed by atoms with Gasteiger partial charge >= 0.3 is 5.97 Å². The molecule has 0 atom stereocenters. The maximum absolute atomic E-state index is 11.3. The Labute approximate surface area is 100 Å². The average Bonchev–Trinajstić information content (AvgIpc) is 2.26. The number of carbonyl (C=O) groups excluding carboxylic acids is 1. The van der Waals surface area contributed by atoms with Gasteiger partial charge in [-0.2, -0.15) is 0 Å². The van der Waals surface area contributed by atoms with E-state index in [1.807, 2.05) is 25.1 Å². The summed E-state index contributed by atoms with van der Waals surface area (Å²) in [7, 11) is 0. The molecule has 0 aromatic heterocycles. The Hall–Kier alpha value is -1.54. The van der Waals surface area contributed by atoms with Gasteiger partial charge < -0.3 is 4.74 Å². The van der Waals surface area contributed by atoms with Crippen molar-refractivity contribution in [1.29, 1.82) is 0 Å². The van der Waals surface area contributed by atoms with E-state index in [9.17, 15) is 4.79 Å². The highest BCUT2D eigenvalue weighted by molar-refractivity contribution is 6.32. The Balaban J connectivity index is 2.81. The van der Waals surface area contributed by atoms with E-state index < -0.39 is 5.97 Å². The summed E-state index contributed by atoms with van der Waals surface area (Å²) in [5.41, 5.74) is 1.61. The summed E-state index contributed by atoms with van der Waals surface area (Å²) < 4.78 is 4.85. The van der Waals surface area contributed by atoms with Crippen LogP contribution in [-0.4, -0.2) is 12.6 Å². The molecule has 84 valence electrons. The standard InChI is InChI=1S/C13H13ClO2/c1-3-8-16-13(15)9-10(2)11-6-4-5-7-12(11)14/h3-7,9H,1,8H2,2H3. The van der Waals surface area contributed by atoms with Crippen LogP contribution in [0.5, 0.6) is 0 Å². The Morgan fingerprint density at radius 1 is 1.50 bits per heavy atom. The molecule has 2 nitrogen and oxygen atoms in total. The van der Waals surface area contributed by atoms with E-state index >= 15 is 0 Å². The zero-order chi connectivity index (χ0) is 12.0. The first-order valence-corrected chi connectivity index (χ1v) is 5.24. The molecule has 1 aromatic rings. The topological polar surface area (TPSA) is 26.3 Å². The summed E-state index contributed by atoms with van der Waals surface area (Å²) in [6.07, 6.45) is 2.95. The monoisotopic (exact) mass is 236 g/mol. The molecule has 0 saturated carbocycles. The highest BCUT2D eigenvalue weighted by Gasteiger charge is 2.04. The molecule has 0 spiro atoms. The number of ether oxygens (including phenoxy) is 1. The van der Waals surface area contributed by atoms with Crippen molar-refractivity contribution < 1.29 is 9.53 Å². The molecule has 0 heterocycles. The van der Waals surface area contributed by atoms with Gasteiger partial charge in [0.25, 0.3) is 0 Å². The van der Waals surface area contributed by atoms with Gasteiger partial charge in [-0.05, 0) is 24.1 Å². The summed E-state index contributed by atoms with van der Waals surface area (Å²) in [5, 5.41) is 0.618. The highest BCUT2D eigenvalue weighted by atomic mass is 35.5. The van der Waals surface area contributed by atoms with Crippen LogP contribution in [0, 0.1) is 0 Å². The second-order valence-electron chi connectivity index (χ2n) is 3.23. The molecule has 16 heavy (non-hydrogen) atoms. The first-order chi connectivity index (χ1) is 7.65. The summed E-state index contributed by atoms with van der Waals surface area (Å²) in [6.45, 7) is 5.49. The quantitative estimate of drug-likeness (QED) is 0.455. The minimum Gasteiger partial charge on any atom is -0.458 e. The van der Waals surface area contributed by atoms with Crippen molar-refractivity contribution in [3.05, 3.63) is 53.6 Å². The van der Waals surface area contributed by atoms with E-state index in [0.717, 1.165) is 11.1 Å². The van der Waals surface area contributed by atoms with Gasteiger partial charge in [0.2, 0.25) is 0 Å². The van der Waals surface area contributed by atoms with E-state index in [4.69, 9.17) is 16.3 Å². The molecular formula is C13H13ClO2. The van der Waals surface area contributed by atoms with Crippen LogP contribution < -0.4 is 0 Å². The minimum atomic E-state index is -0.391. The number of rotatable bonds is 4. The average molecular weight is 237 g/mol. The van der Waals surface area contributed by atoms with Gasteiger partial charge in [0.1, 0.15) is 6.61 Å². The second kappa shape index (κ2) is 6.13. The van der Waals surface area contributed by atoms with Gasteiger partial charge in [0, 0.05) is 11.1 Å². The van der Waals surface area contributed by atoms with Gasteiger partial charge in [-0.3, -0.25) is 0 Å². The van der Waals surface area contributed by atoms with E-state index in [1.54, 1.807) is 6.07 Å². The number of carbonyl (C=O) groups is 1. The van der Waals surface area contributed by atoms with Crippen LogP contribution in [-0.2, 0) is 9.53 Å². The third-order valence-corrected chi connectivity index (χ3v) is 2.31. The van der Waals surface area contributed by atoms with Gasteiger partial charge in [-0.25, -0.2) is 4.79 Å². The molecule has 3 heteroatoms. The van der Waals surface area contributed by atoms with Crippen molar-refractivity contribution in [2.24, 2.45) is 0 Å². The molecule has 0 saturated heterocycles. The molecular weight excluding hydrogens is 224 g/mol. The van der Waals surface area contributed by atoms with Crippen molar-refractivity contribution in [2.75, 3.05) is 6.61 Å². The lowest BCUT2D eigenvalue weighted by molar-refractivity contribution is -0.136. The van der Waals surface area contributed by atoms with Crippen LogP contribution in [0.1, 0.15) is 12.5 Å². The lowest BCUT2D eigenvalue weighted by Crippen LogP contribution is -2.01. The predicted octanol–water partition coefficient (Wildman–Crippen LogP) is 3.47. The van der Waals surface area contributed by atoms with Gasteiger partial charge in [-0.1, -0.05) is 42.5 Å². The Morgan fingerprint density at radius 3 is 2.81 bits per heavy atom. The van der Waals surface area contributed by atoms with Crippen molar-refractivity contribution >= 4 is 23.1 Å². The Bertz CT molecular complexity index is 422. The largest absolute Gasteiger partial charge is 0.458 e. The van der Waals surface area contributed by atoms with E-state index in [0.29, 0.717) is 5.02 Å². The van der Waals surface area contributed by atoms with Crippen LogP contribution >= 0.6 is 11.6 Å². The van der Waals surface area contributed by atoms with Crippen LogP contribution in [0.2, 0.25) is 5.02 Å². The third-order valence-electron chi connectivity index (χ3n) is 1.98. The summed E-state index contributed by atoms with van der Waals surface area (Å²) in [5.74, 6) is -0.391. The second-order valence-corrected chi connectivity index (χ2v) is 3.63. The number of halogens is 1. The molecule has 0 bridgehead atoms. The summed E-state index contributed by atoms with van der Waals surface area (Å²) in [4.78, 5) is 11.3. The number of benzene rings is 1. The SMILES string of the molecule is C=CCOC(=O)C=C(C)c1ccccc1Cl. The zero-order valence-electron chi connectivity index (χ0n) is 9.07. The normalized spacial score (nSPS) is 11.0. The molecule has 1 rings (SSSR count). The molecule has 0 aliphatic rings. The Morgan fingerprint density at radius 2 is 2.19 bits per heavy atom. The van der Waals surface area contributed by atoms with Crippen LogP contribution in [0.4, 0.5) is 0 Å². The molecule has 0 radical (unpaired) electrons. The highest BCUT2D eigenvalue weighted by Crippen LogP contribution is 2.22. The van der Waals surface area contributed by atoms with E-state index in [-0.39, 0.29) is 6.61 Å². The van der Waals surface area contributed by atoms with Gasteiger partial charge in [0.15, 0.2) is 0 Å². The molecule has 0 aliphatic heterocycles. The lowest BCUT2D eigenvalue weighted by Gasteiger charge is -2.04. The van der Waals surface area contributed by atoms with Gasteiger partial charge in [-0.15, -0.1) is 0 Å². The summed E-state index contributed by atoms with van der Waals surface area (Å²) >= 11 is 6.00. The van der Waals surface area contributed by atoms with Crippen molar-refractivity contribution in [3.8, 4) is 0 Å². The first-order valence-electron chi connectivity index (χ1n) is 4.86. The van der Waals surface area contributed by atoms with Crippen LogP contribution in [0.3, 0.4) is 0 Å². The maximum Gasteiger partial charge on any atom is 0.331 e. The van der Waals surface area contributed by atoms with Crippen LogP contribution in [0.25, 0.3) is 5.57 Å². The van der Waals surface area contributed by atoms with Gasteiger partial charge in [0.05, 0.1) is 0 Å².